The molecule has 1 aliphatic heterocycles. The van der Waals surface area contributed by atoms with Crippen LogP contribution in [0.1, 0.15) is 100 Å². The average Bonchev–Trinajstić information content (AvgIpc) is 3.85. The standard InChI is InChI=1S/C52H66ClN11O7S/c1-32-33(2)72-51-46(32)47(37-11-13-38(53)14-12-37)61-43(48-63-62-34(3)64(48)51)31-45(65)57-20-23-68-25-27-70-28-26-69-24-21-58-49(66)41-18-17-40(30-44(41)71-22-19-35-7-5-4-6-8-35)59-50(67)42(54)29-36-9-15-39(16-10-36)60-52(55)56/h9-18,30,35,42-43H,4-8,19-29,31,54H2,1-3H3,(H,57,65)(H,58,66)(H,59,67)(H4,55,56,60)/t42-,43-/m0/s1. The number of benzene rings is 3. The molecule has 2 aromatic heterocycles. The monoisotopic (exact) mass is 1020 g/mol. The van der Waals surface area contributed by atoms with E-state index in [2.05, 4.69) is 45.0 Å². The van der Waals surface area contributed by atoms with Crippen LogP contribution in [-0.2, 0) is 30.2 Å². The minimum absolute atomic E-state index is 0.0416. The molecule has 0 saturated heterocycles. The van der Waals surface area contributed by atoms with Gasteiger partial charge >= 0.3 is 0 Å². The fourth-order valence-corrected chi connectivity index (χ4v) is 10.0. The van der Waals surface area contributed by atoms with E-state index in [0.717, 1.165) is 45.2 Å². The third-order valence-electron chi connectivity index (χ3n) is 12.6. The molecule has 1 aliphatic carbocycles. The fourth-order valence-electron chi connectivity index (χ4n) is 8.67. The number of halogens is 1. The van der Waals surface area contributed by atoms with Gasteiger partial charge in [-0.05, 0) is 87.1 Å². The van der Waals surface area contributed by atoms with Crippen molar-refractivity contribution in [1.82, 2.24) is 25.4 Å². The quantitative estimate of drug-likeness (QED) is 0.0207. The number of amides is 3. The first-order valence-corrected chi connectivity index (χ1v) is 25.7. The maximum absolute atomic E-state index is 13.4. The first-order valence-electron chi connectivity index (χ1n) is 24.5. The molecule has 384 valence electrons. The molecule has 0 unspecified atom stereocenters. The van der Waals surface area contributed by atoms with Crippen molar-refractivity contribution in [3.8, 4) is 10.8 Å². The maximum Gasteiger partial charge on any atom is 0.255 e. The van der Waals surface area contributed by atoms with Crippen LogP contribution in [0.4, 0.5) is 11.4 Å². The van der Waals surface area contributed by atoms with Gasteiger partial charge in [0.25, 0.3) is 5.91 Å². The first kappa shape index (κ1) is 53.6. The summed E-state index contributed by atoms with van der Waals surface area (Å²) in [6.07, 6.45) is 7.34. The van der Waals surface area contributed by atoms with E-state index >= 15 is 0 Å². The number of carbonyl (C=O) groups is 3. The van der Waals surface area contributed by atoms with E-state index in [-0.39, 0.29) is 43.3 Å². The minimum atomic E-state index is -0.833. The van der Waals surface area contributed by atoms with Crippen molar-refractivity contribution in [2.75, 3.05) is 64.7 Å². The minimum Gasteiger partial charge on any atom is -0.493 e. The molecule has 0 radical (unpaired) electrons. The van der Waals surface area contributed by atoms with E-state index in [9.17, 15) is 14.4 Å². The van der Waals surface area contributed by atoms with Crippen LogP contribution >= 0.6 is 22.9 Å². The molecular formula is C52H66ClN11O7S. The van der Waals surface area contributed by atoms with Crippen molar-refractivity contribution in [1.29, 1.82) is 0 Å². The van der Waals surface area contributed by atoms with Gasteiger partial charge in [0.15, 0.2) is 11.8 Å². The molecule has 5 aromatic rings. The van der Waals surface area contributed by atoms with Crippen molar-refractivity contribution < 1.29 is 33.3 Å². The van der Waals surface area contributed by atoms with Crippen molar-refractivity contribution in [2.45, 2.75) is 84.2 Å². The van der Waals surface area contributed by atoms with Gasteiger partial charge in [-0.25, -0.2) is 4.99 Å². The van der Waals surface area contributed by atoms with E-state index in [1.165, 1.54) is 37.0 Å². The molecule has 18 nitrogen and oxygen atoms in total. The number of aryl methyl sites for hydroxylation is 2. The van der Waals surface area contributed by atoms with Gasteiger partial charge in [-0.1, -0.05) is 68.0 Å². The Hall–Kier alpha value is -6.22. The number of carbonyl (C=O) groups excluding carboxylic acids is 3. The number of aliphatic imine (C=N–C) groups is 2. The topological polar surface area (TPSA) is 258 Å². The second kappa shape index (κ2) is 26.5. The van der Waals surface area contributed by atoms with E-state index < -0.39 is 12.1 Å². The van der Waals surface area contributed by atoms with Crippen molar-refractivity contribution in [2.24, 2.45) is 33.1 Å². The van der Waals surface area contributed by atoms with Crippen molar-refractivity contribution >= 4 is 63.7 Å². The zero-order chi connectivity index (χ0) is 51.0. The number of nitrogens with zero attached hydrogens (tertiary/aromatic N) is 5. The molecule has 2 aliphatic rings. The number of hydrogen-bond donors (Lipinski definition) is 6. The molecule has 9 N–H and O–H groups in total. The summed E-state index contributed by atoms with van der Waals surface area (Å²) in [5.74, 6) is 1.39. The van der Waals surface area contributed by atoms with E-state index in [1.54, 1.807) is 41.7 Å². The summed E-state index contributed by atoms with van der Waals surface area (Å²) in [4.78, 5) is 50.2. The molecule has 3 aromatic carbocycles. The molecule has 1 fully saturated rings. The second-order valence-corrected chi connectivity index (χ2v) is 19.5. The lowest BCUT2D eigenvalue weighted by molar-refractivity contribution is -0.121. The Balaban J connectivity index is 0.796. The Bertz CT molecular complexity index is 2680. The normalized spacial score (nSPS) is 14.8. The summed E-state index contributed by atoms with van der Waals surface area (Å²) in [5.41, 5.74) is 23.3. The number of fused-ring (bicyclic) bond motifs is 3. The molecule has 3 heterocycles. The highest BCUT2D eigenvalue weighted by molar-refractivity contribution is 7.15. The van der Waals surface area contributed by atoms with Crippen LogP contribution in [0.5, 0.6) is 5.75 Å². The van der Waals surface area contributed by atoms with Crippen molar-refractivity contribution in [3.05, 3.63) is 116 Å². The van der Waals surface area contributed by atoms with Crippen LogP contribution in [0, 0.1) is 26.7 Å². The Morgan fingerprint density at radius 2 is 1.53 bits per heavy atom. The average molecular weight is 1020 g/mol. The largest absolute Gasteiger partial charge is 0.493 e. The number of rotatable bonds is 25. The molecule has 3 amide bonds. The second-order valence-electron chi connectivity index (χ2n) is 17.9. The van der Waals surface area contributed by atoms with Gasteiger partial charge in [0, 0.05) is 45.9 Å². The number of guanidine groups is 1. The van der Waals surface area contributed by atoms with E-state index in [1.807, 2.05) is 47.9 Å². The third-order valence-corrected chi connectivity index (χ3v) is 14.0. The highest BCUT2D eigenvalue weighted by atomic mass is 35.5. The van der Waals surface area contributed by atoms with Crippen LogP contribution in [0.2, 0.25) is 5.02 Å². The molecule has 1 saturated carbocycles. The van der Waals surface area contributed by atoms with Gasteiger partial charge in [0.2, 0.25) is 11.8 Å². The van der Waals surface area contributed by atoms with Crippen LogP contribution in [0.25, 0.3) is 5.00 Å². The van der Waals surface area contributed by atoms with Crippen LogP contribution in [0.3, 0.4) is 0 Å². The smallest absolute Gasteiger partial charge is 0.255 e. The molecule has 0 spiro atoms. The van der Waals surface area contributed by atoms with E-state index in [4.69, 9.17) is 52.7 Å². The van der Waals surface area contributed by atoms with Gasteiger partial charge < -0.3 is 52.1 Å². The lowest BCUT2D eigenvalue weighted by atomic mass is 9.87. The lowest BCUT2D eigenvalue weighted by Gasteiger charge is -2.22. The maximum atomic E-state index is 13.4. The molecule has 2 atom stereocenters. The zero-order valence-electron chi connectivity index (χ0n) is 41.2. The van der Waals surface area contributed by atoms with Gasteiger partial charge in [-0.3, -0.25) is 23.9 Å². The number of hydrogen-bond acceptors (Lipinski definition) is 13. The number of nitrogens with two attached hydrogens (primary N) is 3. The van der Waals surface area contributed by atoms with Crippen LogP contribution in [0.15, 0.2) is 76.7 Å². The van der Waals surface area contributed by atoms with Crippen molar-refractivity contribution in [3.63, 3.8) is 0 Å². The highest BCUT2D eigenvalue weighted by Gasteiger charge is 2.32. The summed E-state index contributed by atoms with van der Waals surface area (Å²) < 4.78 is 25.3. The predicted molar refractivity (Wildman–Crippen MR) is 281 cm³/mol. The Morgan fingerprint density at radius 3 is 2.22 bits per heavy atom. The molecule has 7 rings (SSSR count). The molecular weight excluding hydrogens is 958 g/mol. The molecule has 0 bridgehead atoms. The van der Waals surface area contributed by atoms with E-state index in [0.29, 0.717) is 92.1 Å². The summed E-state index contributed by atoms with van der Waals surface area (Å²) in [7, 11) is 0. The summed E-state index contributed by atoms with van der Waals surface area (Å²) in [6, 6.07) is 18.3. The van der Waals surface area contributed by atoms with Gasteiger partial charge in [-0.15, -0.1) is 21.5 Å². The summed E-state index contributed by atoms with van der Waals surface area (Å²) in [6.45, 7) is 9.04. The van der Waals surface area contributed by atoms with Gasteiger partial charge in [0.05, 0.1) is 75.7 Å². The third kappa shape index (κ3) is 14.9. The lowest BCUT2D eigenvalue weighted by Crippen LogP contribution is -2.37. The highest BCUT2D eigenvalue weighted by Crippen LogP contribution is 2.40. The SMILES string of the molecule is Cc1sc2c(c1C)C(c1ccc(Cl)cc1)=N[C@@H](CC(=O)NCCOCCOCCOCCNC(=O)c1ccc(NC(=O)[C@@H](N)Cc3ccc(N=C(N)N)cc3)cc1OCCC1CCCCC1)c1nnc(C)n1-2. The Morgan fingerprint density at radius 1 is 0.847 bits per heavy atom. The van der Waals surface area contributed by atoms with Gasteiger partial charge in [0.1, 0.15) is 22.6 Å². The fraction of sp³-hybridized carbons (Fsp3) is 0.442. The zero-order valence-corrected chi connectivity index (χ0v) is 42.8. The van der Waals surface area contributed by atoms with Crippen LogP contribution < -0.4 is 37.9 Å². The number of ether oxygens (including phenoxy) is 4. The molecule has 20 heteroatoms. The Labute approximate surface area is 429 Å². The summed E-state index contributed by atoms with van der Waals surface area (Å²) >= 11 is 7.90. The Kier molecular flexibility index (Phi) is 19.7. The predicted octanol–water partition coefficient (Wildman–Crippen LogP) is 6.55. The number of thiophene rings is 1. The molecule has 72 heavy (non-hydrogen) atoms. The summed E-state index contributed by atoms with van der Waals surface area (Å²) in [5, 5.41) is 19.2. The van der Waals surface area contributed by atoms with Crippen LogP contribution in [-0.4, -0.2) is 110 Å². The number of aromatic nitrogens is 3. The number of anilines is 1. The first-order chi connectivity index (χ1) is 34.8. The number of nitrogens with one attached hydrogen (secondary N) is 3. The van der Waals surface area contributed by atoms with Gasteiger partial charge in [-0.2, -0.15) is 0 Å².